The number of amides is 3. The van der Waals surface area contributed by atoms with Gasteiger partial charge in [0.2, 0.25) is 5.91 Å². The number of ether oxygens (including phenoxy) is 1. The van der Waals surface area contributed by atoms with Gasteiger partial charge < -0.3 is 25.0 Å². The van der Waals surface area contributed by atoms with E-state index in [-0.39, 0.29) is 12.5 Å². The topological polar surface area (TPSA) is 99.2 Å². The van der Waals surface area contributed by atoms with Gasteiger partial charge in [-0.15, -0.1) is 0 Å². The number of carboxylic acids is 1. The normalized spacial score (nSPS) is 10.8. The Morgan fingerprint density at radius 2 is 1.80 bits per heavy atom. The van der Waals surface area contributed by atoms with Crippen molar-refractivity contribution in [2.45, 2.75) is 19.4 Å². The van der Waals surface area contributed by atoms with Crippen molar-refractivity contribution in [1.82, 2.24) is 15.1 Å². The zero-order valence-corrected chi connectivity index (χ0v) is 12.6. The average molecular weight is 289 g/mol. The second-order valence-corrected chi connectivity index (χ2v) is 4.90. The van der Waals surface area contributed by atoms with E-state index in [9.17, 15) is 14.4 Å². The Morgan fingerprint density at radius 1 is 1.25 bits per heavy atom. The minimum atomic E-state index is -1.35. The first-order chi connectivity index (χ1) is 9.14. The fourth-order valence-electron chi connectivity index (χ4n) is 1.27. The molecule has 0 heterocycles. The summed E-state index contributed by atoms with van der Waals surface area (Å²) in [5.74, 6) is -1.45. The lowest BCUT2D eigenvalue weighted by Gasteiger charge is -2.34. The molecule has 0 rings (SSSR count). The molecule has 2 N–H and O–H groups in total. The number of urea groups is 1. The third-order valence-corrected chi connectivity index (χ3v) is 2.98. The van der Waals surface area contributed by atoms with Gasteiger partial charge >= 0.3 is 12.0 Å². The number of hydrogen-bond acceptors (Lipinski definition) is 4. The predicted octanol–water partition coefficient (Wildman–Crippen LogP) is -0.404. The monoisotopic (exact) mass is 289 g/mol. The molecule has 116 valence electrons. The van der Waals surface area contributed by atoms with Crippen molar-refractivity contribution in [2.75, 3.05) is 40.9 Å². The van der Waals surface area contributed by atoms with Crippen molar-refractivity contribution in [3.8, 4) is 0 Å². The second kappa shape index (κ2) is 7.68. The molecule has 0 saturated heterocycles. The fourth-order valence-corrected chi connectivity index (χ4v) is 1.27. The number of carboxylic acid groups (broad SMARTS) is 1. The maximum atomic E-state index is 12.0. The molecule has 8 heteroatoms. The molecule has 0 aliphatic carbocycles. The number of likely N-dealkylation sites (N-methyl/N-ethyl adjacent to an activating group) is 2. The van der Waals surface area contributed by atoms with E-state index < -0.39 is 17.5 Å². The van der Waals surface area contributed by atoms with Gasteiger partial charge in [0, 0.05) is 27.7 Å². The summed E-state index contributed by atoms with van der Waals surface area (Å²) in [6.07, 6.45) is 0. The van der Waals surface area contributed by atoms with Crippen molar-refractivity contribution in [2.24, 2.45) is 0 Å². The van der Waals surface area contributed by atoms with Crippen LogP contribution in [0.2, 0.25) is 0 Å². The highest BCUT2D eigenvalue weighted by Gasteiger charge is 2.36. The van der Waals surface area contributed by atoms with Crippen molar-refractivity contribution < 1.29 is 24.2 Å². The quantitative estimate of drug-likeness (QED) is 0.621. The van der Waals surface area contributed by atoms with E-state index >= 15 is 0 Å². The molecular formula is C12H23N3O5. The van der Waals surface area contributed by atoms with Gasteiger partial charge in [0.15, 0.2) is 0 Å². The van der Waals surface area contributed by atoms with Crippen molar-refractivity contribution in [3.63, 3.8) is 0 Å². The highest BCUT2D eigenvalue weighted by molar-refractivity contribution is 5.88. The molecule has 0 bridgehead atoms. The zero-order chi connectivity index (χ0) is 15.9. The Hall–Kier alpha value is -1.83. The third kappa shape index (κ3) is 5.04. The van der Waals surface area contributed by atoms with E-state index in [0.717, 1.165) is 9.80 Å². The number of aliphatic carboxylic acids is 1. The van der Waals surface area contributed by atoms with Crippen LogP contribution in [0, 0.1) is 0 Å². The average Bonchev–Trinajstić information content (AvgIpc) is 2.36. The summed E-state index contributed by atoms with van der Waals surface area (Å²) in [4.78, 5) is 36.9. The van der Waals surface area contributed by atoms with Crippen LogP contribution < -0.4 is 5.32 Å². The van der Waals surface area contributed by atoms with E-state index in [1.165, 1.54) is 35.1 Å². The SMILES string of the molecule is COCCNC(=O)CN(C)C(=O)N(C)C(C)(C)C(=O)O. The standard InChI is InChI=1S/C12H23N3O5/c1-12(2,10(17)18)15(4)11(19)14(3)8-9(16)13-6-7-20-5/h6-8H2,1-5H3,(H,13,16)(H,17,18). The van der Waals surface area contributed by atoms with Crippen LogP contribution >= 0.6 is 0 Å². The van der Waals surface area contributed by atoms with Crippen molar-refractivity contribution in [3.05, 3.63) is 0 Å². The number of carbonyl (C=O) groups excluding carboxylic acids is 2. The lowest BCUT2D eigenvalue weighted by Crippen LogP contribution is -2.55. The van der Waals surface area contributed by atoms with Gasteiger partial charge in [-0.2, -0.15) is 0 Å². The summed E-state index contributed by atoms with van der Waals surface area (Å²) < 4.78 is 4.79. The van der Waals surface area contributed by atoms with Gasteiger partial charge in [-0.25, -0.2) is 9.59 Å². The molecule has 0 unspecified atom stereocenters. The largest absolute Gasteiger partial charge is 0.480 e. The van der Waals surface area contributed by atoms with Gasteiger partial charge in [0.05, 0.1) is 6.61 Å². The van der Waals surface area contributed by atoms with Crippen LogP contribution in [-0.2, 0) is 14.3 Å². The predicted molar refractivity (Wildman–Crippen MR) is 72.4 cm³/mol. The molecule has 0 saturated carbocycles. The number of methoxy groups -OCH3 is 1. The van der Waals surface area contributed by atoms with Crippen LogP contribution in [0.25, 0.3) is 0 Å². The first-order valence-corrected chi connectivity index (χ1v) is 6.12. The Balaban J connectivity index is 4.48. The molecule has 0 aliphatic heterocycles. The maximum absolute atomic E-state index is 12.0. The highest BCUT2D eigenvalue weighted by Crippen LogP contribution is 2.14. The minimum Gasteiger partial charge on any atom is -0.480 e. The molecule has 0 spiro atoms. The summed E-state index contributed by atoms with van der Waals surface area (Å²) in [7, 11) is 4.34. The van der Waals surface area contributed by atoms with E-state index in [1.807, 2.05) is 0 Å². The number of nitrogens with one attached hydrogen (secondary N) is 1. The van der Waals surface area contributed by atoms with Gasteiger partial charge in [0.25, 0.3) is 0 Å². The summed E-state index contributed by atoms with van der Waals surface area (Å²) in [5.41, 5.74) is -1.35. The van der Waals surface area contributed by atoms with Crippen molar-refractivity contribution >= 4 is 17.9 Å². The molecule has 0 aromatic heterocycles. The maximum Gasteiger partial charge on any atom is 0.329 e. The molecule has 0 radical (unpaired) electrons. The molecule has 0 aromatic carbocycles. The molecular weight excluding hydrogens is 266 g/mol. The number of rotatable bonds is 7. The highest BCUT2D eigenvalue weighted by atomic mass is 16.5. The van der Waals surface area contributed by atoms with E-state index in [0.29, 0.717) is 13.2 Å². The molecule has 3 amide bonds. The summed E-state index contributed by atoms with van der Waals surface area (Å²) in [5, 5.41) is 11.6. The van der Waals surface area contributed by atoms with Crippen LogP contribution in [0.3, 0.4) is 0 Å². The van der Waals surface area contributed by atoms with Crippen LogP contribution in [0.15, 0.2) is 0 Å². The lowest BCUT2D eigenvalue weighted by atomic mass is 10.0. The second-order valence-electron chi connectivity index (χ2n) is 4.90. The Kier molecular flexibility index (Phi) is 6.98. The van der Waals surface area contributed by atoms with E-state index in [1.54, 1.807) is 0 Å². The minimum absolute atomic E-state index is 0.150. The molecule has 20 heavy (non-hydrogen) atoms. The zero-order valence-electron chi connectivity index (χ0n) is 12.6. The Morgan fingerprint density at radius 3 is 2.25 bits per heavy atom. The summed E-state index contributed by atoms with van der Waals surface area (Å²) in [6.45, 7) is 3.42. The number of carbonyl (C=O) groups is 3. The molecule has 0 aliphatic rings. The van der Waals surface area contributed by atoms with Gasteiger partial charge in [-0.3, -0.25) is 4.79 Å². The first kappa shape index (κ1) is 18.2. The van der Waals surface area contributed by atoms with Gasteiger partial charge in [0.1, 0.15) is 12.1 Å². The van der Waals surface area contributed by atoms with Gasteiger partial charge in [-0.1, -0.05) is 0 Å². The molecule has 0 atom stereocenters. The van der Waals surface area contributed by atoms with Crippen molar-refractivity contribution in [1.29, 1.82) is 0 Å². The fraction of sp³-hybridized carbons (Fsp3) is 0.750. The molecule has 0 fully saturated rings. The third-order valence-electron chi connectivity index (χ3n) is 2.98. The molecule has 0 aromatic rings. The Bertz CT molecular complexity index is 370. The number of nitrogens with zero attached hydrogens (tertiary/aromatic N) is 2. The van der Waals surface area contributed by atoms with Gasteiger partial charge in [-0.05, 0) is 13.8 Å². The lowest BCUT2D eigenvalue weighted by molar-refractivity contribution is -0.147. The van der Waals surface area contributed by atoms with Crippen LogP contribution in [-0.4, -0.2) is 79.3 Å². The first-order valence-electron chi connectivity index (χ1n) is 6.12. The van der Waals surface area contributed by atoms with E-state index in [4.69, 9.17) is 9.84 Å². The number of hydrogen-bond donors (Lipinski definition) is 2. The van der Waals surface area contributed by atoms with Crippen LogP contribution in [0.5, 0.6) is 0 Å². The van der Waals surface area contributed by atoms with Crippen LogP contribution in [0.4, 0.5) is 4.79 Å². The molecule has 8 nitrogen and oxygen atoms in total. The Labute approximate surface area is 118 Å². The van der Waals surface area contributed by atoms with E-state index in [2.05, 4.69) is 5.32 Å². The van der Waals surface area contributed by atoms with Crippen LogP contribution in [0.1, 0.15) is 13.8 Å². The summed E-state index contributed by atoms with van der Waals surface area (Å²) in [6, 6.07) is -0.542. The smallest absolute Gasteiger partial charge is 0.329 e. The summed E-state index contributed by atoms with van der Waals surface area (Å²) >= 11 is 0.